The number of aromatic nitrogens is 3. The van der Waals surface area contributed by atoms with Crippen LogP contribution in [0.1, 0.15) is 18.9 Å². The number of allylic oxidation sites excluding steroid dienone is 1. The number of benzene rings is 2. The third kappa shape index (κ3) is 4.09. The summed E-state index contributed by atoms with van der Waals surface area (Å²) in [5.41, 5.74) is 5.62. The standard InChI is InChI=1S/C28H27N5O3/c1-5-6-21(32(2)3)24-17-35-22-12-11-20(15-23(22)36-24)25-26(19-9-7-18(16-29)8-10-19)31-28(34-4)33-14-13-30-27(25)33/h6-15,24H,5,17H2,1-4H3/b21-6-. The van der Waals surface area contributed by atoms with Crippen LogP contribution in [-0.4, -0.2) is 53.2 Å². The first-order valence-electron chi connectivity index (χ1n) is 11.8. The first kappa shape index (κ1) is 23.2. The van der Waals surface area contributed by atoms with Gasteiger partial charge in [-0.3, -0.25) is 4.40 Å². The molecular weight excluding hydrogens is 454 g/mol. The van der Waals surface area contributed by atoms with Gasteiger partial charge in [0.15, 0.2) is 23.3 Å². The van der Waals surface area contributed by atoms with Gasteiger partial charge < -0.3 is 19.1 Å². The van der Waals surface area contributed by atoms with Crippen molar-refractivity contribution in [1.29, 1.82) is 5.26 Å². The maximum Gasteiger partial charge on any atom is 0.302 e. The molecule has 0 aliphatic carbocycles. The lowest BCUT2D eigenvalue weighted by atomic mass is 9.98. The fraction of sp³-hybridized carbons (Fsp3) is 0.250. The van der Waals surface area contributed by atoms with Crippen LogP contribution in [0.4, 0.5) is 0 Å². The summed E-state index contributed by atoms with van der Waals surface area (Å²) >= 11 is 0. The van der Waals surface area contributed by atoms with Crippen molar-refractivity contribution < 1.29 is 14.2 Å². The second kappa shape index (κ2) is 9.62. The number of nitrogens with zero attached hydrogens (tertiary/aromatic N) is 5. The molecule has 5 rings (SSSR count). The van der Waals surface area contributed by atoms with Crippen molar-refractivity contribution in [3.63, 3.8) is 0 Å². The van der Waals surface area contributed by atoms with Crippen LogP contribution in [0, 0.1) is 11.3 Å². The molecule has 1 aliphatic heterocycles. The third-order valence-corrected chi connectivity index (χ3v) is 6.14. The minimum absolute atomic E-state index is 0.207. The summed E-state index contributed by atoms with van der Waals surface area (Å²) in [6.45, 7) is 2.55. The van der Waals surface area contributed by atoms with Crippen LogP contribution in [-0.2, 0) is 0 Å². The molecule has 36 heavy (non-hydrogen) atoms. The molecule has 0 saturated heterocycles. The van der Waals surface area contributed by atoms with E-state index >= 15 is 0 Å². The van der Waals surface area contributed by atoms with Gasteiger partial charge >= 0.3 is 6.01 Å². The van der Waals surface area contributed by atoms with Crippen LogP contribution >= 0.6 is 0 Å². The van der Waals surface area contributed by atoms with Crippen molar-refractivity contribution in [2.24, 2.45) is 0 Å². The molecule has 1 atom stereocenters. The van der Waals surface area contributed by atoms with E-state index in [2.05, 4.69) is 29.0 Å². The fourth-order valence-corrected chi connectivity index (χ4v) is 4.46. The molecule has 0 radical (unpaired) electrons. The van der Waals surface area contributed by atoms with E-state index in [4.69, 9.17) is 19.2 Å². The van der Waals surface area contributed by atoms with Crippen molar-refractivity contribution in [3.8, 4) is 46.0 Å². The number of imidazole rings is 1. The summed E-state index contributed by atoms with van der Waals surface area (Å²) in [6, 6.07) is 15.8. The number of nitriles is 1. The number of hydrogen-bond acceptors (Lipinski definition) is 7. The fourth-order valence-electron chi connectivity index (χ4n) is 4.46. The molecular formula is C28H27N5O3. The van der Waals surface area contributed by atoms with Crippen molar-refractivity contribution >= 4 is 5.65 Å². The molecule has 1 aliphatic rings. The SMILES string of the molecule is CC/C=C(/C1COc2ccc(-c3c(-c4ccc(C#N)cc4)nc(OC)n4ccnc34)cc2O1)N(C)C. The molecule has 4 aromatic rings. The normalized spacial score (nSPS) is 15.0. The summed E-state index contributed by atoms with van der Waals surface area (Å²) in [7, 11) is 5.61. The molecule has 0 N–H and O–H groups in total. The highest BCUT2D eigenvalue weighted by atomic mass is 16.6. The number of rotatable bonds is 6. The van der Waals surface area contributed by atoms with Crippen LogP contribution in [0.25, 0.3) is 28.0 Å². The molecule has 0 bridgehead atoms. The van der Waals surface area contributed by atoms with Crippen LogP contribution in [0.15, 0.2) is 66.6 Å². The lowest BCUT2D eigenvalue weighted by Crippen LogP contribution is -2.36. The largest absolute Gasteiger partial charge is 0.485 e. The minimum atomic E-state index is -0.207. The Morgan fingerprint density at radius 3 is 2.67 bits per heavy atom. The van der Waals surface area contributed by atoms with Crippen molar-refractivity contribution in [2.75, 3.05) is 27.8 Å². The lowest BCUT2D eigenvalue weighted by Gasteiger charge is -2.31. The van der Waals surface area contributed by atoms with Gasteiger partial charge in [0, 0.05) is 32.1 Å². The zero-order valence-corrected chi connectivity index (χ0v) is 20.7. The second-order valence-corrected chi connectivity index (χ2v) is 8.64. The predicted molar refractivity (Wildman–Crippen MR) is 137 cm³/mol. The minimum Gasteiger partial charge on any atom is -0.485 e. The van der Waals surface area contributed by atoms with Gasteiger partial charge in [-0.1, -0.05) is 31.2 Å². The first-order valence-corrected chi connectivity index (χ1v) is 11.8. The Balaban J connectivity index is 1.66. The number of methoxy groups -OCH3 is 1. The molecule has 0 spiro atoms. The van der Waals surface area contributed by atoms with Crippen molar-refractivity contribution in [3.05, 3.63) is 72.2 Å². The van der Waals surface area contributed by atoms with Gasteiger partial charge in [-0.05, 0) is 36.2 Å². The molecule has 182 valence electrons. The Hall–Kier alpha value is -4.51. The zero-order chi connectivity index (χ0) is 25.2. The van der Waals surface area contributed by atoms with E-state index in [9.17, 15) is 5.26 Å². The number of likely N-dealkylation sites (N-methyl/N-ethyl adjacent to an activating group) is 1. The van der Waals surface area contributed by atoms with Gasteiger partial charge in [0.05, 0.1) is 35.7 Å². The highest BCUT2D eigenvalue weighted by Gasteiger charge is 2.27. The summed E-state index contributed by atoms with van der Waals surface area (Å²) in [4.78, 5) is 11.5. The quantitative estimate of drug-likeness (QED) is 0.386. The third-order valence-electron chi connectivity index (χ3n) is 6.14. The number of hydrogen-bond donors (Lipinski definition) is 0. The van der Waals surface area contributed by atoms with Crippen LogP contribution in [0.2, 0.25) is 0 Å². The topological polar surface area (TPSA) is 84.9 Å². The Morgan fingerprint density at radius 2 is 1.97 bits per heavy atom. The van der Waals surface area contributed by atoms with Gasteiger partial charge in [0.25, 0.3) is 0 Å². The van der Waals surface area contributed by atoms with E-state index in [1.54, 1.807) is 25.4 Å². The summed E-state index contributed by atoms with van der Waals surface area (Å²) in [5.74, 6) is 1.37. The average molecular weight is 482 g/mol. The summed E-state index contributed by atoms with van der Waals surface area (Å²) in [5, 5.41) is 9.24. The Bertz CT molecular complexity index is 1480. The highest BCUT2D eigenvalue weighted by molar-refractivity contribution is 5.91. The maximum absolute atomic E-state index is 9.24. The van der Waals surface area contributed by atoms with Crippen LogP contribution in [0.3, 0.4) is 0 Å². The number of fused-ring (bicyclic) bond motifs is 2. The van der Waals surface area contributed by atoms with E-state index in [-0.39, 0.29) is 6.10 Å². The molecule has 1 unspecified atom stereocenters. The van der Waals surface area contributed by atoms with Gasteiger partial charge in [-0.25, -0.2) is 4.98 Å². The van der Waals surface area contributed by atoms with Gasteiger partial charge in [0.2, 0.25) is 0 Å². The summed E-state index contributed by atoms with van der Waals surface area (Å²) in [6.07, 6.45) is 6.40. The smallest absolute Gasteiger partial charge is 0.302 e. The van der Waals surface area contributed by atoms with E-state index < -0.39 is 0 Å². The van der Waals surface area contributed by atoms with E-state index in [1.165, 1.54) is 0 Å². The molecule has 0 saturated carbocycles. The van der Waals surface area contributed by atoms with Crippen LogP contribution < -0.4 is 14.2 Å². The van der Waals surface area contributed by atoms with Gasteiger partial charge in [0.1, 0.15) is 6.61 Å². The predicted octanol–water partition coefficient (Wildman–Crippen LogP) is 4.94. The Labute approximate surface area is 210 Å². The monoisotopic (exact) mass is 481 g/mol. The van der Waals surface area contributed by atoms with E-state index in [0.717, 1.165) is 28.8 Å². The first-order chi connectivity index (χ1) is 17.5. The lowest BCUT2D eigenvalue weighted by molar-refractivity contribution is 0.0984. The maximum atomic E-state index is 9.24. The molecule has 2 aromatic heterocycles. The highest BCUT2D eigenvalue weighted by Crippen LogP contribution is 2.41. The van der Waals surface area contributed by atoms with Crippen LogP contribution in [0.5, 0.6) is 17.5 Å². The van der Waals surface area contributed by atoms with Crippen molar-refractivity contribution in [1.82, 2.24) is 19.3 Å². The molecule has 0 fully saturated rings. The zero-order valence-electron chi connectivity index (χ0n) is 20.7. The Morgan fingerprint density at radius 1 is 1.19 bits per heavy atom. The molecule has 8 nitrogen and oxygen atoms in total. The molecule has 8 heteroatoms. The molecule has 3 heterocycles. The van der Waals surface area contributed by atoms with Gasteiger partial charge in [-0.2, -0.15) is 10.2 Å². The van der Waals surface area contributed by atoms with Crippen molar-refractivity contribution in [2.45, 2.75) is 19.4 Å². The van der Waals surface area contributed by atoms with E-state index in [1.807, 2.05) is 55.0 Å². The van der Waals surface area contributed by atoms with Gasteiger partial charge in [-0.15, -0.1) is 0 Å². The average Bonchev–Trinajstić information content (AvgIpc) is 3.40. The summed E-state index contributed by atoms with van der Waals surface area (Å²) < 4.78 is 19.9. The second-order valence-electron chi connectivity index (χ2n) is 8.64. The molecule has 2 aromatic carbocycles. The number of ether oxygens (including phenoxy) is 3. The van der Waals surface area contributed by atoms with E-state index in [0.29, 0.717) is 41.0 Å². The molecule has 0 amide bonds. The Kier molecular flexibility index (Phi) is 6.21.